The van der Waals surface area contributed by atoms with Gasteiger partial charge in [0.1, 0.15) is 0 Å². The number of hydrogen-bond donors (Lipinski definition) is 2. The first-order chi connectivity index (χ1) is 9.38. The van der Waals surface area contributed by atoms with Crippen LogP contribution in [-0.4, -0.2) is 4.98 Å². The van der Waals surface area contributed by atoms with Crippen LogP contribution in [0.1, 0.15) is 24.2 Å². The van der Waals surface area contributed by atoms with Crippen molar-refractivity contribution in [1.82, 2.24) is 4.98 Å². The van der Waals surface area contributed by atoms with Gasteiger partial charge in [0.25, 0.3) is 0 Å². The number of rotatable bonds is 3. The first-order valence-electron chi connectivity index (χ1n) is 6.02. The molecule has 2 rings (SSSR count). The zero-order valence-electron chi connectivity index (χ0n) is 10.8. The Labute approximate surface area is 114 Å². The first-order valence-corrected chi connectivity index (χ1v) is 6.02. The molecule has 20 heavy (non-hydrogen) atoms. The van der Waals surface area contributed by atoms with Crippen molar-refractivity contribution in [2.24, 2.45) is 0 Å². The van der Waals surface area contributed by atoms with Crippen LogP contribution >= 0.6 is 0 Å². The molecule has 1 unspecified atom stereocenters. The number of anilines is 2. The summed E-state index contributed by atoms with van der Waals surface area (Å²) >= 11 is 0. The summed E-state index contributed by atoms with van der Waals surface area (Å²) in [6.07, 6.45) is -2.83. The zero-order valence-corrected chi connectivity index (χ0v) is 10.8. The number of hydrogen-bond acceptors (Lipinski definition) is 3. The van der Waals surface area contributed by atoms with Crippen molar-refractivity contribution in [2.75, 3.05) is 11.1 Å². The lowest BCUT2D eigenvalue weighted by Crippen LogP contribution is -2.12. The Kier molecular flexibility index (Phi) is 3.83. The number of nitrogen functional groups attached to an aromatic ring is 1. The van der Waals surface area contributed by atoms with E-state index < -0.39 is 11.7 Å². The highest BCUT2D eigenvalue weighted by Crippen LogP contribution is 2.35. The monoisotopic (exact) mass is 281 g/mol. The highest BCUT2D eigenvalue weighted by atomic mass is 19.4. The Hall–Kier alpha value is -2.24. The molecule has 0 aliphatic rings. The van der Waals surface area contributed by atoms with E-state index >= 15 is 0 Å². The first kappa shape index (κ1) is 14.2. The predicted molar refractivity (Wildman–Crippen MR) is 72.1 cm³/mol. The second-order valence-corrected chi connectivity index (χ2v) is 4.42. The number of pyridine rings is 1. The molecule has 0 bridgehead atoms. The third-order valence-electron chi connectivity index (χ3n) is 2.87. The molecule has 1 aromatic heterocycles. The summed E-state index contributed by atoms with van der Waals surface area (Å²) in [4.78, 5) is 4.15. The fourth-order valence-corrected chi connectivity index (χ4v) is 1.85. The van der Waals surface area contributed by atoms with Crippen LogP contribution < -0.4 is 11.1 Å². The standard InChI is InChI=1S/C14H14F3N3/c1-9(13-4-2-3-7-19-13)20-10-5-6-12(18)11(8-10)14(15,16)17/h2-9,20H,18H2,1H3. The van der Waals surface area contributed by atoms with Crippen LogP contribution in [0.2, 0.25) is 0 Å². The van der Waals surface area contributed by atoms with Gasteiger partial charge in [-0.2, -0.15) is 13.2 Å². The fraction of sp³-hybridized carbons (Fsp3) is 0.214. The van der Waals surface area contributed by atoms with Crippen LogP contribution in [0.15, 0.2) is 42.6 Å². The van der Waals surface area contributed by atoms with Gasteiger partial charge in [0, 0.05) is 17.6 Å². The van der Waals surface area contributed by atoms with Gasteiger partial charge in [-0.05, 0) is 37.3 Å². The topological polar surface area (TPSA) is 50.9 Å². The summed E-state index contributed by atoms with van der Waals surface area (Å²) in [5, 5.41) is 2.98. The Morgan fingerprint density at radius 2 is 1.95 bits per heavy atom. The molecule has 0 spiro atoms. The van der Waals surface area contributed by atoms with Crippen molar-refractivity contribution < 1.29 is 13.2 Å². The molecule has 3 N–H and O–H groups in total. The minimum Gasteiger partial charge on any atom is -0.398 e. The fourth-order valence-electron chi connectivity index (χ4n) is 1.85. The maximum Gasteiger partial charge on any atom is 0.418 e. The quantitative estimate of drug-likeness (QED) is 0.840. The average molecular weight is 281 g/mol. The van der Waals surface area contributed by atoms with E-state index in [0.717, 1.165) is 11.8 Å². The molecule has 0 aliphatic carbocycles. The smallest absolute Gasteiger partial charge is 0.398 e. The van der Waals surface area contributed by atoms with E-state index in [1.807, 2.05) is 13.0 Å². The number of nitrogens with two attached hydrogens (primary N) is 1. The van der Waals surface area contributed by atoms with Gasteiger partial charge >= 0.3 is 6.18 Å². The van der Waals surface area contributed by atoms with Gasteiger partial charge in [0.2, 0.25) is 0 Å². The van der Waals surface area contributed by atoms with Crippen molar-refractivity contribution in [3.8, 4) is 0 Å². The minimum absolute atomic E-state index is 0.207. The zero-order chi connectivity index (χ0) is 14.8. The Morgan fingerprint density at radius 3 is 2.55 bits per heavy atom. The molecule has 2 aromatic rings. The van der Waals surface area contributed by atoms with E-state index in [4.69, 9.17) is 5.73 Å². The van der Waals surface area contributed by atoms with Crippen LogP contribution in [0.25, 0.3) is 0 Å². The van der Waals surface area contributed by atoms with E-state index in [1.165, 1.54) is 12.1 Å². The summed E-state index contributed by atoms with van der Waals surface area (Å²) < 4.78 is 38.3. The van der Waals surface area contributed by atoms with Crippen molar-refractivity contribution in [1.29, 1.82) is 0 Å². The highest BCUT2D eigenvalue weighted by Gasteiger charge is 2.33. The van der Waals surface area contributed by atoms with Crippen LogP contribution in [0, 0.1) is 0 Å². The molecular formula is C14H14F3N3. The van der Waals surface area contributed by atoms with Gasteiger partial charge in [0.15, 0.2) is 0 Å². The van der Waals surface area contributed by atoms with E-state index in [-0.39, 0.29) is 11.7 Å². The molecule has 1 aromatic carbocycles. The van der Waals surface area contributed by atoms with E-state index in [0.29, 0.717) is 5.69 Å². The normalized spacial score (nSPS) is 13.0. The van der Waals surface area contributed by atoms with Gasteiger partial charge in [-0.3, -0.25) is 4.98 Å². The van der Waals surface area contributed by atoms with Crippen molar-refractivity contribution in [2.45, 2.75) is 19.1 Å². The molecule has 1 heterocycles. The second-order valence-electron chi connectivity index (χ2n) is 4.42. The van der Waals surface area contributed by atoms with Gasteiger partial charge < -0.3 is 11.1 Å². The number of benzene rings is 1. The van der Waals surface area contributed by atoms with Crippen molar-refractivity contribution >= 4 is 11.4 Å². The lowest BCUT2D eigenvalue weighted by molar-refractivity contribution is -0.136. The molecule has 0 fully saturated rings. The Morgan fingerprint density at radius 1 is 1.20 bits per heavy atom. The molecule has 0 saturated heterocycles. The van der Waals surface area contributed by atoms with Gasteiger partial charge in [-0.1, -0.05) is 6.07 Å². The summed E-state index contributed by atoms with van der Waals surface area (Å²) in [6, 6.07) is 8.97. The Bertz CT molecular complexity index is 582. The van der Waals surface area contributed by atoms with Crippen molar-refractivity contribution in [3.63, 3.8) is 0 Å². The molecule has 6 heteroatoms. The summed E-state index contributed by atoms with van der Waals surface area (Å²) in [7, 11) is 0. The minimum atomic E-state index is -4.46. The molecule has 0 saturated carbocycles. The molecule has 1 atom stereocenters. The second kappa shape index (κ2) is 5.40. The highest BCUT2D eigenvalue weighted by molar-refractivity contribution is 5.58. The number of alkyl halides is 3. The maximum absolute atomic E-state index is 12.8. The average Bonchev–Trinajstić information content (AvgIpc) is 2.40. The van der Waals surface area contributed by atoms with Gasteiger partial charge in [-0.15, -0.1) is 0 Å². The lowest BCUT2D eigenvalue weighted by Gasteiger charge is -2.17. The summed E-state index contributed by atoms with van der Waals surface area (Å²) in [5.74, 6) is 0. The molecule has 0 radical (unpaired) electrons. The third kappa shape index (κ3) is 3.20. The molecule has 0 aliphatic heterocycles. The van der Waals surface area contributed by atoms with Crippen LogP contribution in [-0.2, 0) is 6.18 Å². The van der Waals surface area contributed by atoms with Crippen LogP contribution in [0.4, 0.5) is 24.5 Å². The van der Waals surface area contributed by atoms with E-state index in [1.54, 1.807) is 18.3 Å². The molecule has 106 valence electrons. The van der Waals surface area contributed by atoms with E-state index in [9.17, 15) is 13.2 Å². The molecular weight excluding hydrogens is 267 g/mol. The summed E-state index contributed by atoms with van der Waals surface area (Å²) in [5.41, 5.74) is 5.34. The SMILES string of the molecule is CC(Nc1ccc(N)c(C(F)(F)F)c1)c1ccccn1. The molecule has 3 nitrogen and oxygen atoms in total. The molecule has 0 amide bonds. The Balaban J connectivity index is 2.22. The van der Waals surface area contributed by atoms with Crippen LogP contribution in [0.5, 0.6) is 0 Å². The third-order valence-corrected chi connectivity index (χ3v) is 2.87. The van der Waals surface area contributed by atoms with Crippen LogP contribution in [0.3, 0.4) is 0 Å². The maximum atomic E-state index is 12.8. The van der Waals surface area contributed by atoms with Crippen molar-refractivity contribution in [3.05, 3.63) is 53.9 Å². The number of nitrogens with one attached hydrogen (secondary N) is 1. The number of nitrogens with zero attached hydrogens (tertiary/aromatic N) is 1. The predicted octanol–water partition coefficient (Wildman–Crippen LogP) is 3.86. The number of aromatic nitrogens is 1. The van der Waals surface area contributed by atoms with Gasteiger partial charge in [-0.25, -0.2) is 0 Å². The largest absolute Gasteiger partial charge is 0.418 e. The van der Waals surface area contributed by atoms with E-state index in [2.05, 4.69) is 10.3 Å². The lowest BCUT2D eigenvalue weighted by atomic mass is 10.1. The van der Waals surface area contributed by atoms with Gasteiger partial charge in [0.05, 0.1) is 17.3 Å². The summed E-state index contributed by atoms with van der Waals surface area (Å²) in [6.45, 7) is 1.83. The number of halogens is 3.